The first-order valence-electron chi connectivity index (χ1n) is 8.97. The Balaban J connectivity index is 1.64. The normalized spacial score (nSPS) is 35.5. The van der Waals surface area contributed by atoms with E-state index in [0.29, 0.717) is 18.4 Å². The average molecular weight is 328 g/mol. The largest absolute Gasteiger partial charge is 0.335 e. The molecular weight excluding hydrogens is 303 g/mol. The third-order valence-electron chi connectivity index (χ3n) is 6.59. The van der Waals surface area contributed by atoms with Gasteiger partial charge in [0.2, 0.25) is 5.91 Å². The molecule has 0 radical (unpaired) electrons. The van der Waals surface area contributed by atoms with Gasteiger partial charge in [-0.3, -0.25) is 4.79 Å². The predicted molar refractivity (Wildman–Crippen MR) is 92.8 cm³/mol. The molecule has 1 aromatic carbocycles. The van der Waals surface area contributed by atoms with Crippen molar-refractivity contribution in [2.75, 3.05) is 6.54 Å². The van der Waals surface area contributed by atoms with Gasteiger partial charge in [0.1, 0.15) is 6.67 Å². The quantitative estimate of drug-likeness (QED) is 0.905. The predicted octanol–water partition coefficient (Wildman–Crippen LogP) is 3.29. The SMILES string of the molecule is CC1C2CC(c3ccccc3CF)=CCN2C(=O)[C@]12CCC(N)C2. The van der Waals surface area contributed by atoms with Crippen LogP contribution in [-0.4, -0.2) is 29.4 Å². The fourth-order valence-electron chi connectivity index (χ4n) is 5.18. The van der Waals surface area contributed by atoms with Gasteiger partial charge in [-0.05, 0) is 48.3 Å². The molecule has 1 spiro atoms. The number of rotatable bonds is 2. The highest BCUT2D eigenvalue weighted by Gasteiger charge is 2.59. The Bertz CT molecular complexity index is 701. The standard InChI is InChI=1S/C20H25FN2O/c1-13-18-10-14(17-5-3-2-4-15(17)12-21)7-9-23(18)19(24)20(13)8-6-16(22)11-20/h2-5,7,13,16,18H,6,8-12,22H2,1H3/t13?,16?,18?,20-/m0/s1. The molecule has 1 saturated carbocycles. The van der Waals surface area contributed by atoms with Crippen LogP contribution in [0.5, 0.6) is 0 Å². The van der Waals surface area contributed by atoms with E-state index in [4.69, 9.17) is 5.73 Å². The van der Waals surface area contributed by atoms with Gasteiger partial charge in [-0.15, -0.1) is 0 Å². The highest BCUT2D eigenvalue weighted by molar-refractivity contribution is 5.88. The number of nitrogens with zero attached hydrogens (tertiary/aromatic N) is 1. The number of hydrogen-bond acceptors (Lipinski definition) is 2. The zero-order valence-electron chi connectivity index (χ0n) is 14.2. The zero-order valence-corrected chi connectivity index (χ0v) is 14.2. The van der Waals surface area contributed by atoms with Crippen LogP contribution in [0.4, 0.5) is 4.39 Å². The highest BCUT2D eigenvalue weighted by atomic mass is 19.1. The molecule has 3 nitrogen and oxygen atoms in total. The van der Waals surface area contributed by atoms with Gasteiger partial charge in [-0.25, -0.2) is 4.39 Å². The summed E-state index contributed by atoms with van der Waals surface area (Å²) in [6.45, 7) is 2.40. The molecule has 2 heterocycles. The van der Waals surface area contributed by atoms with Gasteiger partial charge in [0, 0.05) is 18.6 Å². The Morgan fingerprint density at radius 3 is 2.88 bits per heavy atom. The van der Waals surface area contributed by atoms with Crippen molar-refractivity contribution < 1.29 is 9.18 Å². The number of carbonyl (C=O) groups excluding carboxylic acids is 1. The van der Waals surface area contributed by atoms with Crippen LogP contribution in [0.25, 0.3) is 5.57 Å². The van der Waals surface area contributed by atoms with Crippen LogP contribution in [-0.2, 0) is 11.5 Å². The summed E-state index contributed by atoms with van der Waals surface area (Å²) in [6.07, 6.45) is 5.61. The summed E-state index contributed by atoms with van der Waals surface area (Å²) in [5.74, 6) is 0.599. The lowest BCUT2D eigenvalue weighted by Gasteiger charge is -2.32. The van der Waals surface area contributed by atoms with Crippen LogP contribution in [0.1, 0.15) is 43.7 Å². The molecule has 0 bridgehead atoms. The number of carbonyl (C=O) groups is 1. The van der Waals surface area contributed by atoms with Crippen molar-refractivity contribution >= 4 is 11.5 Å². The molecule has 1 saturated heterocycles. The molecule has 1 amide bonds. The fraction of sp³-hybridized carbons (Fsp3) is 0.550. The van der Waals surface area contributed by atoms with Crippen LogP contribution in [0.15, 0.2) is 30.3 Å². The minimum Gasteiger partial charge on any atom is -0.335 e. The Hall–Kier alpha value is -1.68. The molecule has 4 rings (SSSR count). The lowest BCUT2D eigenvalue weighted by atomic mass is 9.73. The number of halogens is 1. The first-order chi connectivity index (χ1) is 11.6. The Kier molecular flexibility index (Phi) is 3.75. The number of amides is 1. The molecule has 2 N–H and O–H groups in total. The molecule has 128 valence electrons. The molecule has 2 fully saturated rings. The first-order valence-corrected chi connectivity index (χ1v) is 8.97. The topological polar surface area (TPSA) is 46.3 Å². The van der Waals surface area contributed by atoms with Gasteiger partial charge in [0.15, 0.2) is 0 Å². The molecule has 1 aliphatic carbocycles. The van der Waals surface area contributed by atoms with Crippen molar-refractivity contribution in [1.29, 1.82) is 0 Å². The summed E-state index contributed by atoms with van der Waals surface area (Å²) in [5.41, 5.74) is 8.81. The van der Waals surface area contributed by atoms with Crippen LogP contribution in [0.3, 0.4) is 0 Å². The average Bonchev–Trinajstić information content (AvgIpc) is 3.10. The van der Waals surface area contributed by atoms with Crippen LogP contribution < -0.4 is 5.73 Å². The van der Waals surface area contributed by atoms with Gasteiger partial charge in [-0.2, -0.15) is 0 Å². The molecule has 0 aromatic heterocycles. The van der Waals surface area contributed by atoms with Crippen molar-refractivity contribution in [2.24, 2.45) is 17.1 Å². The maximum absolute atomic E-state index is 13.3. The van der Waals surface area contributed by atoms with Gasteiger partial charge in [0.25, 0.3) is 0 Å². The lowest BCUT2D eigenvalue weighted by molar-refractivity contribution is -0.136. The summed E-state index contributed by atoms with van der Waals surface area (Å²) < 4.78 is 13.3. The van der Waals surface area contributed by atoms with Crippen molar-refractivity contribution in [2.45, 2.75) is 51.4 Å². The van der Waals surface area contributed by atoms with E-state index in [9.17, 15) is 9.18 Å². The van der Waals surface area contributed by atoms with Crippen molar-refractivity contribution in [3.63, 3.8) is 0 Å². The number of alkyl halides is 1. The summed E-state index contributed by atoms with van der Waals surface area (Å²) in [6, 6.07) is 8.06. The molecule has 3 aliphatic rings. The second-order valence-corrected chi connectivity index (χ2v) is 7.70. The summed E-state index contributed by atoms with van der Waals surface area (Å²) >= 11 is 0. The van der Waals surface area contributed by atoms with E-state index in [1.165, 1.54) is 5.57 Å². The molecule has 24 heavy (non-hydrogen) atoms. The summed E-state index contributed by atoms with van der Waals surface area (Å²) in [7, 11) is 0. The van der Waals surface area contributed by atoms with E-state index in [-0.39, 0.29) is 17.5 Å². The van der Waals surface area contributed by atoms with Crippen LogP contribution >= 0.6 is 0 Å². The van der Waals surface area contributed by atoms with E-state index >= 15 is 0 Å². The number of fused-ring (bicyclic) bond motifs is 1. The number of hydrogen-bond donors (Lipinski definition) is 1. The van der Waals surface area contributed by atoms with E-state index in [1.54, 1.807) is 0 Å². The second-order valence-electron chi connectivity index (χ2n) is 7.70. The highest BCUT2D eigenvalue weighted by Crippen LogP contribution is 2.54. The Morgan fingerprint density at radius 2 is 2.17 bits per heavy atom. The Morgan fingerprint density at radius 1 is 1.38 bits per heavy atom. The number of nitrogens with two attached hydrogens (primary N) is 1. The van der Waals surface area contributed by atoms with Gasteiger partial charge < -0.3 is 10.6 Å². The van der Waals surface area contributed by atoms with Crippen molar-refractivity contribution in [1.82, 2.24) is 4.90 Å². The number of benzene rings is 1. The molecule has 3 unspecified atom stereocenters. The third-order valence-corrected chi connectivity index (χ3v) is 6.59. The zero-order chi connectivity index (χ0) is 16.9. The second kappa shape index (κ2) is 5.69. The monoisotopic (exact) mass is 328 g/mol. The maximum Gasteiger partial charge on any atom is 0.229 e. The summed E-state index contributed by atoms with van der Waals surface area (Å²) in [4.78, 5) is 15.1. The van der Waals surface area contributed by atoms with E-state index in [0.717, 1.165) is 36.8 Å². The van der Waals surface area contributed by atoms with Crippen LogP contribution in [0, 0.1) is 11.3 Å². The van der Waals surface area contributed by atoms with E-state index in [2.05, 4.69) is 13.0 Å². The minimum absolute atomic E-state index is 0.150. The van der Waals surface area contributed by atoms with Gasteiger partial charge >= 0.3 is 0 Å². The van der Waals surface area contributed by atoms with Gasteiger partial charge in [0.05, 0.1) is 5.41 Å². The fourth-order valence-corrected chi connectivity index (χ4v) is 5.18. The van der Waals surface area contributed by atoms with E-state index in [1.807, 2.05) is 29.2 Å². The summed E-state index contributed by atoms with van der Waals surface area (Å²) in [5, 5.41) is 0. The van der Waals surface area contributed by atoms with E-state index < -0.39 is 6.67 Å². The molecule has 1 aromatic rings. The van der Waals surface area contributed by atoms with Crippen molar-refractivity contribution in [3.05, 3.63) is 41.5 Å². The minimum atomic E-state index is -0.449. The third kappa shape index (κ3) is 2.16. The Labute approximate surface area is 142 Å². The smallest absolute Gasteiger partial charge is 0.229 e. The van der Waals surface area contributed by atoms with Crippen LogP contribution in [0.2, 0.25) is 0 Å². The molecule has 2 aliphatic heterocycles. The molecule has 4 heteroatoms. The van der Waals surface area contributed by atoms with Crippen molar-refractivity contribution in [3.8, 4) is 0 Å². The molecule has 4 atom stereocenters. The van der Waals surface area contributed by atoms with Gasteiger partial charge in [-0.1, -0.05) is 37.3 Å². The first kappa shape index (κ1) is 15.8. The molecular formula is C20H25FN2O. The lowest BCUT2D eigenvalue weighted by Crippen LogP contribution is -2.38. The maximum atomic E-state index is 13.3.